The lowest BCUT2D eigenvalue weighted by atomic mass is 9.93. The van der Waals surface area contributed by atoms with Gasteiger partial charge in [0.1, 0.15) is 0 Å². The van der Waals surface area contributed by atoms with Gasteiger partial charge < -0.3 is 9.64 Å². The smallest absolute Gasteiger partial charge is 0.264 e. The van der Waals surface area contributed by atoms with E-state index in [1.165, 1.54) is 24.0 Å². The van der Waals surface area contributed by atoms with E-state index in [2.05, 4.69) is 10.4 Å². The number of pyridine rings is 1. The van der Waals surface area contributed by atoms with Crippen molar-refractivity contribution >= 4 is 17.2 Å². The van der Waals surface area contributed by atoms with E-state index in [1.807, 2.05) is 17.0 Å². The van der Waals surface area contributed by atoms with Crippen molar-refractivity contribution in [2.45, 2.75) is 51.2 Å². The fraction of sp³-hybridized carbons (Fsp3) is 0.500. The van der Waals surface area contributed by atoms with Gasteiger partial charge in [0.2, 0.25) is 0 Å². The lowest BCUT2D eigenvalue weighted by Gasteiger charge is -2.26. The Morgan fingerprint density at radius 1 is 1.24 bits per heavy atom. The molecule has 1 fully saturated rings. The summed E-state index contributed by atoms with van der Waals surface area (Å²) in [6.07, 6.45) is 10.5. The fourth-order valence-corrected chi connectivity index (χ4v) is 4.93. The summed E-state index contributed by atoms with van der Waals surface area (Å²) in [7, 11) is 0. The normalized spacial score (nSPS) is 19.6. The van der Waals surface area contributed by atoms with E-state index in [9.17, 15) is 4.79 Å². The Morgan fingerprint density at radius 3 is 2.88 bits per heavy atom. The molecule has 0 N–H and O–H groups in total. The van der Waals surface area contributed by atoms with Gasteiger partial charge in [-0.15, -0.1) is 11.3 Å². The first kappa shape index (κ1) is 16.7. The maximum atomic E-state index is 13.3. The second kappa shape index (κ2) is 7.67. The van der Waals surface area contributed by atoms with E-state index in [4.69, 9.17) is 4.74 Å². The number of thiophene rings is 1. The number of rotatable bonds is 5. The molecule has 25 heavy (non-hydrogen) atoms. The van der Waals surface area contributed by atoms with Crippen LogP contribution in [-0.2, 0) is 24.1 Å². The summed E-state index contributed by atoms with van der Waals surface area (Å²) in [4.78, 5) is 20.3. The molecule has 1 amide bonds. The van der Waals surface area contributed by atoms with Crippen LogP contribution < -0.4 is 0 Å². The van der Waals surface area contributed by atoms with Gasteiger partial charge in [-0.25, -0.2) is 0 Å². The van der Waals surface area contributed by atoms with Crippen LogP contribution in [0, 0.1) is 0 Å². The average molecular weight is 356 g/mol. The molecule has 1 aliphatic carbocycles. The van der Waals surface area contributed by atoms with Crippen molar-refractivity contribution in [3.05, 3.63) is 51.5 Å². The molecule has 0 aromatic carbocycles. The molecule has 1 unspecified atom stereocenters. The van der Waals surface area contributed by atoms with E-state index in [0.717, 1.165) is 42.7 Å². The molecule has 1 atom stereocenters. The van der Waals surface area contributed by atoms with Gasteiger partial charge in [-0.1, -0.05) is 0 Å². The number of carbonyl (C=O) groups is 1. The first-order valence-corrected chi connectivity index (χ1v) is 10.1. The molecule has 4 nitrogen and oxygen atoms in total. The third kappa shape index (κ3) is 3.77. The molecule has 1 saturated heterocycles. The van der Waals surface area contributed by atoms with Gasteiger partial charge in [-0.2, -0.15) is 0 Å². The van der Waals surface area contributed by atoms with E-state index < -0.39 is 0 Å². The predicted octanol–water partition coefficient (Wildman–Crippen LogP) is 3.84. The molecule has 4 rings (SSSR count). The third-order valence-corrected chi connectivity index (χ3v) is 6.21. The fourth-order valence-electron chi connectivity index (χ4n) is 3.80. The maximum Gasteiger partial charge on any atom is 0.264 e. The first-order valence-electron chi connectivity index (χ1n) is 9.20. The third-order valence-electron chi connectivity index (χ3n) is 5.16. The van der Waals surface area contributed by atoms with Gasteiger partial charge in [0.25, 0.3) is 5.91 Å². The molecule has 5 heteroatoms. The Kier molecular flexibility index (Phi) is 5.13. The zero-order chi connectivity index (χ0) is 17.1. The topological polar surface area (TPSA) is 42.4 Å². The Labute approximate surface area is 152 Å². The summed E-state index contributed by atoms with van der Waals surface area (Å²) in [5.74, 6) is 0.167. The number of amides is 1. The van der Waals surface area contributed by atoms with Crippen LogP contribution in [0.4, 0.5) is 0 Å². The van der Waals surface area contributed by atoms with Gasteiger partial charge >= 0.3 is 0 Å². The highest BCUT2D eigenvalue weighted by Crippen LogP contribution is 2.31. The van der Waals surface area contributed by atoms with E-state index in [1.54, 1.807) is 23.7 Å². The van der Waals surface area contributed by atoms with Crippen molar-refractivity contribution in [1.82, 2.24) is 9.88 Å². The van der Waals surface area contributed by atoms with Gasteiger partial charge in [-0.3, -0.25) is 9.78 Å². The van der Waals surface area contributed by atoms with Crippen LogP contribution in [0.15, 0.2) is 29.9 Å². The number of carbonyl (C=O) groups excluding carboxylic acids is 1. The summed E-state index contributed by atoms with van der Waals surface area (Å²) < 4.78 is 5.80. The number of aryl methyl sites for hydroxylation is 1. The summed E-state index contributed by atoms with van der Waals surface area (Å²) in [6.45, 7) is 2.11. The molecule has 0 spiro atoms. The van der Waals surface area contributed by atoms with Crippen LogP contribution in [0.5, 0.6) is 0 Å². The van der Waals surface area contributed by atoms with Crippen LogP contribution in [-0.4, -0.2) is 35.0 Å². The summed E-state index contributed by atoms with van der Waals surface area (Å²) in [5.41, 5.74) is 3.81. The maximum absolute atomic E-state index is 13.3. The van der Waals surface area contributed by atoms with Crippen LogP contribution in [0.3, 0.4) is 0 Å². The molecule has 2 aromatic rings. The predicted molar refractivity (Wildman–Crippen MR) is 98.9 cm³/mol. The van der Waals surface area contributed by atoms with Gasteiger partial charge in [-0.05, 0) is 72.7 Å². The zero-order valence-electron chi connectivity index (χ0n) is 14.4. The summed E-state index contributed by atoms with van der Waals surface area (Å²) in [5, 5.41) is 2.19. The number of hydrogen-bond acceptors (Lipinski definition) is 4. The lowest BCUT2D eigenvalue weighted by molar-refractivity contribution is 0.0510. The van der Waals surface area contributed by atoms with Gasteiger partial charge in [0.15, 0.2) is 0 Å². The van der Waals surface area contributed by atoms with Crippen LogP contribution >= 0.6 is 11.3 Å². The number of hydrogen-bond donors (Lipinski definition) is 0. The molecule has 3 heterocycles. The largest absolute Gasteiger partial charge is 0.376 e. The van der Waals surface area contributed by atoms with Crippen molar-refractivity contribution in [2.24, 2.45) is 0 Å². The molecule has 2 aliphatic rings. The van der Waals surface area contributed by atoms with Crippen molar-refractivity contribution in [1.29, 1.82) is 0 Å². The Bertz CT molecular complexity index is 723. The van der Waals surface area contributed by atoms with Crippen molar-refractivity contribution in [2.75, 3.05) is 13.2 Å². The zero-order valence-corrected chi connectivity index (χ0v) is 15.3. The second-order valence-electron chi connectivity index (χ2n) is 6.95. The molecule has 0 radical (unpaired) electrons. The minimum atomic E-state index is 0.167. The minimum Gasteiger partial charge on any atom is -0.376 e. The Hall–Kier alpha value is -1.72. The summed E-state index contributed by atoms with van der Waals surface area (Å²) >= 11 is 1.63. The molecule has 2 aromatic heterocycles. The van der Waals surface area contributed by atoms with Crippen molar-refractivity contribution in [3.8, 4) is 0 Å². The molecular weight excluding hydrogens is 332 g/mol. The quantitative estimate of drug-likeness (QED) is 0.817. The lowest BCUT2D eigenvalue weighted by Crippen LogP contribution is -2.37. The number of fused-ring (bicyclic) bond motifs is 1. The Balaban J connectivity index is 1.57. The first-order chi connectivity index (χ1) is 12.3. The van der Waals surface area contributed by atoms with E-state index in [0.29, 0.717) is 13.1 Å². The highest BCUT2D eigenvalue weighted by Gasteiger charge is 2.27. The standard InChI is InChI=1S/C20H24N2O2S/c23-20(19-18-6-2-1-4-16(18)14-25-19)22(13-17-5-3-11-24-17)12-15-7-9-21-10-8-15/h7-10,14,17H,1-6,11-13H2. The van der Waals surface area contributed by atoms with Crippen molar-refractivity contribution in [3.63, 3.8) is 0 Å². The second-order valence-corrected chi connectivity index (χ2v) is 7.83. The molecule has 132 valence electrons. The van der Waals surface area contributed by atoms with Gasteiger partial charge in [0, 0.05) is 32.1 Å². The molecule has 0 bridgehead atoms. The summed E-state index contributed by atoms with van der Waals surface area (Å²) in [6, 6.07) is 3.97. The number of ether oxygens (including phenoxy) is 1. The highest BCUT2D eigenvalue weighted by atomic mass is 32.1. The van der Waals surface area contributed by atoms with Crippen molar-refractivity contribution < 1.29 is 9.53 Å². The van der Waals surface area contributed by atoms with Crippen LogP contribution in [0.2, 0.25) is 0 Å². The molecular formula is C20H24N2O2S. The van der Waals surface area contributed by atoms with Crippen LogP contribution in [0.25, 0.3) is 0 Å². The Morgan fingerprint density at radius 2 is 2.08 bits per heavy atom. The van der Waals surface area contributed by atoms with Crippen LogP contribution in [0.1, 0.15) is 52.0 Å². The van der Waals surface area contributed by atoms with Gasteiger partial charge in [0.05, 0.1) is 11.0 Å². The molecule has 0 saturated carbocycles. The monoisotopic (exact) mass is 356 g/mol. The number of nitrogens with zero attached hydrogens (tertiary/aromatic N) is 2. The number of aromatic nitrogens is 1. The minimum absolute atomic E-state index is 0.167. The SMILES string of the molecule is O=C(c1scc2c1CCCC2)N(Cc1ccncc1)CC1CCCO1. The molecule has 1 aliphatic heterocycles. The van der Waals surface area contributed by atoms with E-state index in [-0.39, 0.29) is 12.0 Å². The average Bonchev–Trinajstić information content (AvgIpc) is 3.31. The van der Waals surface area contributed by atoms with E-state index >= 15 is 0 Å². The highest BCUT2D eigenvalue weighted by molar-refractivity contribution is 7.12.